The molecule has 0 saturated heterocycles. The summed E-state index contributed by atoms with van der Waals surface area (Å²) in [5.74, 6) is 0.447. The molecule has 0 unspecified atom stereocenters. The Balaban J connectivity index is 2.18. The molecule has 0 bridgehead atoms. The fraction of sp³-hybridized carbons (Fsp3) is 0.200. The SMILES string of the molecule is CC(C)c1cccc(-n2nc3ccc(Cl)cc3n2)c1O. The minimum atomic E-state index is 0.217. The number of rotatable bonds is 2. The van der Waals surface area contributed by atoms with Crippen molar-refractivity contribution in [2.45, 2.75) is 19.8 Å². The molecule has 4 nitrogen and oxygen atoms in total. The highest BCUT2D eigenvalue weighted by atomic mass is 35.5. The van der Waals surface area contributed by atoms with E-state index < -0.39 is 0 Å². The van der Waals surface area contributed by atoms with Gasteiger partial charge < -0.3 is 5.11 Å². The van der Waals surface area contributed by atoms with Crippen LogP contribution in [0.5, 0.6) is 5.75 Å². The van der Waals surface area contributed by atoms with Gasteiger partial charge in [-0.15, -0.1) is 15.0 Å². The summed E-state index contributed by atoms with van der Waals surface area (Å²) in [6, 6.07) is 10.9. The first-order valence-electron chi connectivity index (χ1n) is 6.41. The third-order valence-electron chi connectivity index (χ3n) is 3.23. The van der Waals surface area contributed by atoms with Crippen molar-refractivity contribution in [1.82, 2.24) is 15.0 Å². The van der Waals surface area contributed by atoms with E-state index >= 15 is 0 Å². The molecule has 0 fully saturated rings. The van der Waals surface area contributed by atoms with E-state index in [1.165, 1.54) is 4.80 Å². The van der Waals surface area contributed by atoms with Crippen molar-refractivity contribution >= 4 is 22.6 Å². The van der Waals surface area contributed by atoms with E-state index in [1.807, 2.05) is 32.0 Å². The predicted octanol–water partition coefficient (Wildman–Crippen LogP) is 3.90. The predicted molar refractivity (Wildman–Crippen MR) is 79.6 cm³/mol. The molecule has 5 heteroatoms. The Labute approximate surface area is 121 Å². The van der Waals surface area contributed by atoms with Crippen molar-refractivity contribution in [2.75, 3.05) is 0 Å². The van der Waals surface area contributed by atoms with E-state index in [4.69, 9.17) is 11.6 Å². The fourth-order valence-electron chi connectivity index (χ4n) is 2.17. The second-order valence-corrected chi connectivity index (χ2v) is 5.43. The van der Waals surface area contributed by atoms with Gasteiger partial charge in [-0.25, -0.2) is 0 Å². The maximum atomic E-state index is 10.4. The number of phenols is 1. The number of benzene rings is 2. The summed E-state index contributed by atoms with van der Waals surface area (Å²) in [4.78, 5) is 1.45. The molecule has 0 aliphatic carbocycles. The van der Waals surface area contributed by atoms with Crippen LogP contribution in [-0.4, -0.2) is 20.1 Å². The maximum absolute atomic E-state index is 10.4. The van der Waals surface area contributed by atoms with E-state index in [1.54, 1.807) is 18.2 Å². The lowest BCUT2D eigenvalue weighted by Crippen LogP contribution is -2.01. The van der Waals surface area contributed by atoms with Gasteiger partial charge in [0.05, 0.1) is 0 Å². The molecular formula is C15H14ClN3O. The number of halogens is 1. The molecule has 0 spiro atoms. The van der Waals surface area contributed by atoms with Crippen LogP contribution in [0.1, 0.15) is 25.3 Å². The van der Waals surface area contributed by atoms with Gasteiger partial charge in [-0.1, -0.05) is 37.6 Å². The summed E-state index contributed by atoms with van der Waals surface area (Å²) in [5.41, 5.74) is 2.89. The van der Waals surface area contributed by atoms with Crippen LogP contribution in [0.25, 0.3) is 16.7 Å². The molecule has 0 amide bonds. The lowest BCUT2D eigenvalue weighted by molar-refractivity contribution is 0.457. The Morgan fingerprint density at radius 1 is 1.10 bits per heavy atom. The van der Waals surface area contributed by atoms with Crippen LogP contribution in [0.2, 0.25) is 5.02 Å². The normalized spacial score (nSPS) is 11.4. The summed E-state index contributed by atoms with van der Waals surface area (Å²) in [6.07, 6.45) is 0. The van der Waals surface area contributed by atoms with Crippen LogP contribution in [0.4, 0.5) is 0 Å². The highest BCUT2D eigenvalue weighted by Crippen LogP contribution is 2.31. The Morgan fingerprint density at radius 2 is 1.85 bits per heavy atom. The monoisotopic (exact) mass is 287 g/mol. The molecule has 0 aliphatic heterocycles. The highest BCUT2D eigenvalue weighted by molar-refractivity contribution is 6.31. The van der Waals surface area contributed by atoms with E-state index in [-0.39, 0.29) is 11.7 Å². The van der Waals surface area contributed by atoms with E-state index in [2.05, 4.69) is 10.2 Å². The largest absolute Gasteiger partial charge is 0.505 e. The van der Waals surface area contributed by atoms with Gasteiger partial charge in [-0.3, -0.25) is 0 Å². The number of hydrogen-bond acceptors (Lipinski definition) is 3. The number of aromatic hydroxyl groups is 1. The molecule has 0 radical (unpaired) electrons. The van der Waals surface area contributed by atoms with Gasteiger partial charge in [-0.2, -0.15) is 0 Å². The second kappa shape index (κ2) is 4.80. The van der Waals surface area contributed by atoms with E-state index in [0.29, 0.717) is 16.2 Å². The van der Waals surface area contributed by atoms with Crippen molar-refractivity contribution in [1.29, 1.82) is 0 Å². The standard InChI is InChI=1S/C15H14ClN3O/c1-9(2)11-4-3-5-14(15(11)20)19-17-12-7-6-10(16)8-13(12)18-19/h3-9,20H,1-2H3. The van der Waals surface area contributed by atoms with Crippen molar-refractivity contribution in [3.63, 3.8) is 0 Å². The number of phenolic OH excluding ortho intramolecular Hbond substituents is 1. The zero-order valence-corrected chi connectivity index (χ0v) is 12.0. The highest BCUT2D eigenvalue weighted by Gasteiger charge is 2.13. The first kappa shape index (κ1) is 12.9. The number of fused-ring (bicyclic) bond motifs is 1. The smallest absolute Gasteiger partial charge is 0.146 e. The summed E-state index contributed by atoms with van der Waals surface area (Å²) in [7, 11) is 0. The number of hydrogen-bond donors (Lipinski definition) is 1. The first-order valence-corrected chi connectivity index (χ1v) is 6.79. The first-order chi connectivity index (χ1) is 9.56. The fourth-order valence-corrected chi connectivity index (χ4v) is 2.34. The summed E-state index contributed by atoms with van der Waals surface area (Å²) < 4.78 is 0. The zero-order chi connectivity index (χ0) is 14.3. The quantitative estimate of drug-likeness (QED) is 0.777. The number of nitrogens with zero attached hydrogens (tertiary/aromatic N) is 3. The van der Waals surface area contributed by atoms with Crippen molar-refractivity contribution in [3.8, 4) is 11.4 Å². The summed E-state index contributed by atoms with van der Waals surface area (Å²) in [5, 5.41) is 19.7. The summed E-state index contributed by atoms with van der Waals surface area (Å²) >= 11 is 5.95. The lowest BCUT2D eigenvalue weighted by Gasteiger charge is -2.11. The molecule has 1 N–H and O–H groups in total. The maximum Gasteiger partial charge on any atom is 0.146 e. The lowest BCUT2D eigenvalue weighted by atomic mass is 10.0. The van der Waals surface area contributed by atoms with E-state index in [9.17, 15) is 5.11 Å². The van der Waals surface area contributed by atoms with Gasteiger partial charge in [0.2, 0.25) is 0 Å². The third-order valence-corrected chi connectivity index (χ3v) is 3.46. The Bertz CT molecular complexity index is 780. The molecule has 2 aromatic carbocycles. The minimum absolute atomic E-state index is 0.217. The molecule has 1 aromatic heterocycles. The van der Waals surface area contributed by atoms with Gasteiger partial charge >= 0.3 is 0 Å². The van der Waals surface area contributed by atoms with Crippen molar-refractivity contribution < 1.29 is 5.11 Å². The molecule has 0 atom stereocenters. The zero-order valence-electron chi connectivity index (χ0n) is 11.2. The second-order valence-electron chi connectivity index (χ2n) is 4.99. The Morgan fingerprint density at radius 3 is 2.60 bits per heavy atom. The average Bonchev–Trinajstić information content (AvgIpc) is 2.81. The Hall–Kier alpha value is -2.07. The van der Waals surface area contributed by atoms with Gasteiger partial charge in [0.15, 0.2) is 0 Å². The Kier molecular flexibility index (Phi) is 3.10. The van der Waals surface area contributed by atoms with Crippen LogP contribution in [0.3, 0.4) is 0 Å². The third kappa shape index (κ3) is 2.12. The van der Waals surface area contributed by atoms with Crippen LogP contribution < -0.4 is 0 Å². The molecule has 102 valence electrons. The average molecular weight is 288 g/mol. The molecule has 3 aromatic rings. The molecular weight excluding hydrogens is 274 g/mol. The molecule has 3 rings (SSSR count). The summed E-state index contributed by atoms with van der Waals surface area (Å²) in [6.45, 7) is 4.07. The molecule has 0 aliphatic rings. The van der Waals surface area contributed by atoms with Gasteiger partial charge in [-0.05, 0) is 35.7 Å². The minimum Gasteiger partial charge on any atom is -0.505 e. The van der Waals surface area contributed by atoms with Gasteiger partial charge in [0.1, 0.15) is 22.5 Å². The van der Waals surface area contributed by atoms with Gasteiger partial charge in [0.25, 0.3) is 0 Å². The van der Waals surface area contributed by atoms with Crippen molar-refractivity contribution in [2.24, 2.45) is 0 Å². The van der Waals surface area contributed by atoms with Crippen LogP contribution in [0, 0.1) is 0 Å². The van der Waals surface area contributed by atoms with Crippen LogP contribution in [-0.2, 0) is 0 Å². The van der Waals surface area contributed by atoms with Crippen molar-refractivity contribution in [3.05, 3.63) is 47.0 Å². The van der Waals surface area contributed by atoms with Crippen LogP contribution >= 0.6 is 11.6 Å². The molecule has 1 heterocycles. The molecule has 0 saturated carbocycles. The van der Waals surface area contributed by atoms with Crippen LogP contribution in [0.15, 0.2) is 36.4 Å². The molecule has 20 heavy (non-hydrogen) atoms. The van der Waals surface area contributed by atoms with E-state index in [0.717, 1.165) is 11.1 Å². The van der Waals surface area contributed by atoms with Gasteiger partial charge in [0, 0.05) is 5.02 Å². The topological polar surface area (TPSA) is 50.9 Å². The number of aromatic nitrogens is 3. The number of para-hydroxylation sites is 1.